The quantitative estimate of drug-likeness (QED) is 0.292. The first-order valence-corrected chi connectivity index (χ1v) is 2.03. The van der Waals surface area contributed by atoms with Crippen molar-refractivity contribution in [1.29, 1.82) is 0 Å². The molecule has 0 bridgehead atoms. The highest BCUT2D eigenvalue weighted by Gasteiger charge is 2.02. The molecule has 0 aliphatic rings. The van der Waals surface area contributed by atoms with Gasteiger partial charge in [0.25, 0.3) is 0 Å². The second kappa shape index (κ2) is 3.20. The first kappa shape index (κ1) is 7.16. The van der Waals surface area contributed by atoms with Crippen molar-refractivity contribution < 1.29 is 9.77 Å². The Morgan fingerprint density at radius 3 is 2.50 bits per heavy atom. The van der Waals surface area contributed by atoms with E-state index in [0.717, 1.165) is 5.01 Å². The summed E-state index contributed by atoms with van der Waals surface area (Å²) >= 11 is 0. The zero-order valence-corrected chi connectivity index (χ0v) is 4.83. The second-order valence-corrected chi connectivity index (χ2v) is 1.31. The Balaban J connectivity index is 3.32. The Morgan fingerprint density at radius 1 is 1.88 bits per heavy atom. The Kier molecular flexibility index (Phi) is 2.86. The van der Waals surface area contributed by atoms with Crippen LogP contribution in [0, 0.1) is 10.1 Å². The van der Waals surface area contributed by atoms with E-state index in [2.05, 4.69) is 4.74 Å². The number of methoxy groups -OCH3 is 1. The number of ether oxygens (including phenoxy) is 1. The lowest BCUT2D eigenvalue weighted by Crippen LogP contribution is -2.26. The molecular formula is C3H8N2O3. The van der Waals surface area contributed by atoms with Gasteiger partial charge in [-0.25, -0.2) is 10.1 Å². The maximum atomic E-state index is 9.74. The minimum atomic E-state index is -0.538. The van der Waals surface area contributed by atoms with E-state index >= 15 is 0 Å². The first-order chi connectivity index (χ1) is 3.68. The molecular weight excluding hydrogens is 112 g/mol. The van der Waals surface area contributed by atoms with Crippen molar-refractivity contribution in [2.24, 2.45) is 0 Å². The molecule has 0 spiro atoms. The van der Waals surface area contributed by atoms with Crippen molar-refractivity contribution in [3.05, 3.63) is 10.1 Å². The Labute approximate surface area is 47.0 Å². The number of nitro groups is 1. The smallest absolute Gasteiger partial charge is 0.175 e. The number of hydrogen-bond acceptors (Lipinski definition) is 3. The molecule has 0 aromatic rings. The molecule has 0 fully saturated rings. The van der Waals surface area contributed by atoms with Gasteiger partial charge in [0.05, 0.1) is 7.05 Å². The van der Waals surface area contributed by atoms with E-state index in [1.165, 1.54) is 14.2 Å². The van der Waals surface area contributed by atoms with Gasteiger partial charge >= 0.3 is 0 Å². The van der Waals surface area contributed by atoms with Crippen molar-refractivity contribution >= 4 is 0 Å². The summed E-state index contributed by atoms with van der Waals surface area (Å²) in [4.78, 5) is 9.74. The summed E-state index contributed by atoms with van der Waals surface area (Å²) in [6, 6.07) is 0. The van der Waals surface area contributed by atoms with E-state index in [0.29, 0.717) is 0 Å². The summed E-state index contributed by atoms with van der Waals surface area (Å²) in [5, 5.41) is 10.0. The maximum absolute atomic E-state index is 9.74. The maximum Gasteiger partial charge on any atom is 0.175 e. The van der Waals surface area contributed by atoms with E-state index in [1.807, 2.05) is 0 Å². The van der Waals surface area contributed by atoms with Gasteiger partial charge in [-0.1, -0.05) is 0 Å². The first-order valence-electron chi connectivity index (χ1n) is 2.03. The normalized spacial score (nSPS) is 8.75. The number of hydrazine groups is 1. The molecule has 0 aliphatic carbocycles. The highest BCUT2D eigenvalue weighted by atomic mass is 16.7. The van der Waals surface area contributed by atoms with Crippen molar-refractivity contribution in [2.45, 2.75) is 0 Å². The minimum Gasteiger partial charge on any atom is -0.359 e. The van der Waals surface area contributed by atoms with E-state index in [4.69, 9.17) is 0 Å². The van der Waals surface area contributed by atoms with Crippen LogP contribution in [0.3, 0.4) is 0 Å². The third-order valence-electron chi connectivity index (χ3n) is 0.595. The number of hydrogen-bond donors (Lipinski definition) is 0. The molecule has 0 radical (unpaired) electrons. The van der Waals surface area contributed by atoms with Gasteiger partial charge in [0.1, 0.15) is 0 Å². The lowest BCUT2D eigenvalue weighted by molar-refractivity contribution is -0.657. The average molecular weight is 120 g/mol. The van der Waals surface area contributed by atoms with Crippen LogP contribution >= 0.6 is 0 Å². The van der Waals surface area contributed by atoms with Crippen LogP contribution in [0.2, 0.25) is 0 Å². The largest absolute Gasteiger partial charge is 0.359 e. The molecule has 0 amide bonds. The summed E-state index contributed by atoms with van der Waals surface area (Å²) in [6.45, 7) is 0.0208. The van der Waals surface area contributed by atoms with Crippen LogP contribution in [-0.4, -0.2) is 30.9 Å². The molecule has 48 valence electrons. The molecule has 0 aromatic carbocycles. The molecule has 0 atom stereocenters. The van der Waals surface area contributed by atoms with E-state index in [9.17, 15) is 10.1 Å². The van der Waals surface area contributed by atoms with Gasteiger partial charge in [0.2, 0.25) is 0 Å². The third kappa shape index (κ3) is 2.35. The van der Waals surface area contributed by atoms with Crippen LogP contribution in [0.1, 0.15) is 0 Å². The fraction of sp³-hybridized carbons (Fsp3) is 1.00. The molecule has 0 aliphatic heterocycles. The predicted molar refractivity (Wildman–Crippen MR) is 26.6 cm³/mol. The van der Waals surface area contributed by atoms with Gasteiger partial charge in [-0.15, -0.1) is 5.01 Å². The van der Waals surface area contributed by atoms with Crippen molar-refractivity contribution in [1.82, 2.24) is 5.01 Å². The summed E-state index contributed by atoms with van der Waals surface area (Å²) in [7, 11) is 2.74. The lowest BCUT2D eigenvalue weighted by atomic mass is 11.1. The van der Waals surface area contributed by atoms with E-state index in [-0.39, 0.29) is 6.73 Å². The molecule has 0 unspecified atom stereocenters. The van der Waals surface area contributed by atoms with Crippen molar-refractivity contribution in [3.63, 3.8) is 0 Å². The Morgan fingerprint density at radius 2 is 2.38 bits per heavy atom. The van der Waals surface area contributed by atoms with Crippen LogP contribution < -0.4 is 0 Å². The van der Waals surface area contributed by atoms with Crippen LogP contribution in [0.25, 0.3) is 0 Å². The average Bonchev–Trinajstić information content (AvgIpc) is 1.67. The molecule has 5 heteroatoms. The summed E-state index contributed by atoms with van der Waals surface area (Å²) in [5.74, 6) is 0. The van der Waals surface area contributed by atoms with Gasteiger partial charge in [-0.2, -0.15) is 0 Å². The fourth-order valence-electron chi connectivity index (χ4n) is 0.234. The molecule has 0 aromatic heterocycles. The molecule has 0 saturated carbocycles. The zero-order chi connectivity index (χ0) is 6.57. The molecule has 0 N–H and O–H groups in total. The summed E-state index contributed by atoms with van der Waals surface area (Å²) < 4.78 is 4.45. The van der Waals surface area contributed by atoms with Gasteiger partial charge in [0.15, 0.2) is 11.8 Å². The zero-order valence-electron chi connectivity index (χ0n) is 4.83. The van der Waals surface area contributed by atoms with Crippen molar-refractivity contribution in [3.8, 4) is 0 Å². The van der Waals surface area contributed by atoms with Crippen LogP contribution in [-0.2, 0) is 4.74 Å². The van der Waals surface area contributed by atoms with Crippen LogP contribution in [0.5, 0.6) is 0 Å². The van der Waals surface area contributed by atoms with Crippen molar-refractivity contribution in [2.75, 3.05) is 20.9 Å². The van der Waals surface area contributed by atoms with Gasteiger partial charge in [-0.05, 0) is 0 Å². The van der Waals surface area contributed by atoms with Gasteiger partial charge < -0.3 is 4.74 Å². The predicted octanol–water partition coefficient (Wildman–Crippen LogP) is -0.286. The molecule has 0 saturated heterocycles. The fourth-order valence-corrected chi connectivity index (χ4v) is 0.234. The topological polar surface area (TPSA) is 55.6 Å². The molecule has 5 nitrogen and oxygen atoms in total. The number of rotatable bonds is 3. The lowest BCUT2D eigenvalue weighted by Gasteiger charge is -2.04. The Hall–Kier alpha value is -0.840. The molecule has 0 heterocycles. The second-order valence-electron chi connectivity index (χ2n) is 1.31. The van der Waals surface area contributed by atoms with Crippen LogP contribution in [0.15, 0.2) is 0 Å². The van der Waals surface area contributed by atoms with Gasteiger partial charge in [-0.3, -0.25) is 0 Å². The molecule has 0 rings (SSSR count). The Bertz CT molecular complexity index is 84.6. The number of nitrogens with zero attached hydrogens (tertiary/aromatic N) is 2. The monoisotopic (exact) mass is 120 g/mol. The van der Waals surface area contributed by atoms with E-state index in [1.54, 1.807) is 0 Å². The standard InChI is InChI=1S/C3H8N2O3/c1-4(3-8-2)5(6)7/h3H2,1-2H3. The highest BCUT2D eigenvalue weighted by Crippen LogP contribution is 1.79. The SMILES string of the molecule is COCN(C)[N+](=O)[O-]. The molecule has 8 heavy (non-hydrogen) atoms. The summed E-state index contributed by atoms with van der Waals surface area (Å²) in [6.07, 6.45) is 0. The van der Waals surface area contributed by atoms with Gasteiger partial charge in [0, 0.05) is 7.11 Å². The van der Waals surface area contributed by atoms with Crippen LogP contribution in [0.4, 0.5) is 0 Å². The minimum absolute atomic E-state index is 0.0208. The summed E-state index contributed by atoms with van der Waals surface area (Å²) in [5.41, 5.74) is 0. The van der Waals surface area contributed by atoms with E-state index < -0.39 is 5.03 Å². The third-order valence-corrected chi connectivity index (χ3v) is 0.595. The highest BCUT2D eigenvalue weighted by molar-refractivity contribution is 4.14.